The highest BCUT2D eigenvalue weighted by Crippen LogP contribution is 2.33. The average Bonchev–Trinajstić information content (AvgIpc) is 1.57. The van der Waals surface area contributed by atoms with Gasteiger partial charge in [0.15, 0.2) is 28.2 Å². The first-order valence-corrected chi connectivity index (χ1v) is 47.8. The van der Waals surface area contributed by atoms with Crippen molar-refractivity contribution in [3.05, 3.63) is 304 Å². The molecule has 19 aromatic heterocycles. The zero-order valence-corrected chi connectivity index (χ0v) is 79.7. The monoisotopic (exact) mass is 1890 g/mol. The molecule has 5 fully saturated rings. The SMILES string of the molecule is Cc1cn2cc(-c3cc(=O)n4cc(C5CCNCC5)ncc4n3)cc(C)c2n1.Cc1cn2cc(-c3cc(=O)n4cc(C5CCNCC5)ncc4n3)cc(Cl)c2n1.Cc1cn2cc(-c3cc(=O)n4cc(C5CCNCC5)ncc4n3)ccc2n1.Cc1cn2nc(-c3cc(=O)n4cc(N5CCC(C)(N)CC5)ccc4n3)cc2c(C)n1.Cn1cc2cc(-c3cc(=O)n4cc(N5CCNCC5)ncc4n3)ccc2n1. The number of nitrogens with one attached hydrogen (secondary N) is 4. The maximum absolute atomic E-state index is 12.9. The molecule has 140 heavy (non-hydrogen) atoms. The van der Waals surface area contributed by atoms with Crippen LogP contribution in [-0.2, 0) is 7.05 Å². The third-order valence-electron chi connectivity index (χ3n) is 26.8. The van der Waals surface area contributed by atoms with Crippen LogP contribution in [-0.4, -0.2) is 203 Å². The Hall–Kier alpha value is -15.4. The van der Waals surface area contributed by atoms with Crippen molar-refractivity contribution in [2.24, 2.45) is 12.8 Å². The highest BCUT2D eigenvalue weighted by atomic mass is 35.5. The molecule has 37 nitrogen and oxygen atoms in total. The lowest BCUT2D eigenvalue weighted by molar-refractivity contribution is 0.364. The van der Waals surface area contributed by atoms with E-state index in [0.717, 1.165) is 242 Å². The molecule has 0 spiro atoms. The Morgan fingerprint density at radius 2 is 0.821 bits per heavy atom. The van der Waals surface area contributed by atoms with E-state index < -0.39 is 0 Å². The summed E-state index contributed by atoms with van der Waals surface area (Å²) in [6.07, 6.45) is 39.5. The normalized spacial score (nSPS) is 15.6. The number of halogens is 1. The summed E-state index contributed by atoms with van der Waals surface area (Å²) in [4.78, 5) is 128. The average molecular weight is 1890 g/mol. The van der Waals surface area contributed by atoms with Gasteiger partial charge in [0.05, 0.1) is 133 Å². The molecule has 0 unspecified atom stereocenters. The van der Waals surface area contributed by atoms with Crippen molar-refractivity contribution in [3.63, 3.8) is 0 Å². The number of aromatic nitrogens is 25. The molecule has 710 valence electrons. The summed E-state index contributed by atoms with van der Waals surface area (Å²) in [6.45, 7) is 25.1. The van der Waals surface area contributed by atoms with Crippen LogP contribution in [0.2, 0.25) is 5.02 Å². The lowest BCUT2D eigenvalue weighted by Gasteiger charge is -2.38. The molecule has 20 aromatic rings. The highest BCUT2D eigenvalue weighted by molar-refractivity contribution is 6.33. The molecule has 24 heterocycles. The van der Waals surface area contributed by atoms with Gasteiger partial charge < -0.3 is 50.0 Å². The van der Waals surface area contributed by atoms with E-state index in [1.54, 1.807) is 98.6 Å². The van der Waals surface area contributed by atoms with E-state index in [2.05, 4.69) is 103 Å². The smallest absolute Gasteiger partial charge is 0.258 e. The Morgan fingerprint density at radius 3 is 1.39 bits per heavy atom. The van der Waals surface area contributed by atoms with Crippen LogP contribution in [0.4, 0.5) is 11.5 Å². The number of aryl methyl sites for hydroxylation is 7. The molecule has 25 rings (SSSR count). The predicted molar refractivity (Wildman–Crippen MR) is 540 cm³/mol. The number of nitrogens with zero attached hydrogens (tertiary/aromatic N) is 27. The number of piperidine rings is 4. The van der Waals surface area contributed by atoms with Crippen molar-refractivity contribution in [3.8, 4) is 56.4 Å². The van der Waals surface area contributed by atoms with Crippen LogP contribution >= 0.6 is 11.6 Å². The Balaban J connectivity index is 0.000000104. The summed E-state index contributed by atoms with van der Waals surface area (Å²) < 4.78 is 17.3. The highest BCUT2D eigenvalue weighted by Gasteiger charge is 2.29. The fourth-order valence-electron chi connectivity index (χ4n) is 19.3. The van der Waals surface area contributed by atoms with E-state index in [4.69, 9.17) is 27.3 Å². The Morgan fingerprint density at radius 1 is 0.371 bits per heavy atom. The minimum Gasteiger partial charge on any atom is -0.370 e. The summed E-state index contributed by atoms with van der Waals surface area (Å²) >= 11 is 6.38. The number of pyridine rings is 4. The summed E-state index contributed by atoms with van der Waals surface area (Å²) in [5.74, 6) is 1.97. The lowest BCUT2D eigenvalue weighted by Crippen LogP contribution is -2.48. The van der Waals surface area contributed by atoms with Crippen LogP contribution in [0.5, 0.6) is 0 Å². The Kier molecular flexibility index (Phi) is 24.8. The number of piperazine rings is 1. The third kappa shape index (κ3) is 19.2. The van der Waals surface area contributed by atoms with E-state index in [9.17, 15) is 24.0 Å². The summed E-state index contributed by atoms with van der Waals surface area (Å²) in [5.41, 5.74) is 29.4. The summed E-state index contributed by atoms with van der Waals surface area (Å²) in [5, 5.41) is 23.9. The molecular weight excluding hydrogens is 1790 g/mol. The fraction of sp³-hybridized carbons (Fsp3) is 0.314. The minimum absolute atomic E-state index is 0.0860. The van der Waals surface area contributed by atoms with Gasteiger partial charge in [-0.05, 0) is 199 Å². The number of hydrogen-bond acceptors (Lipinski definition) is 27. The summed E-state index contributed by atoms with van der Waals surface area (Å²) in [6, 6.07) is 27.3. The van der Waals surface area contributed by atoms with Gasteiger partial charge in [-0.2, -0.15) is 10.2 Å². The summed E-state index contributed by atoms with van der Waals surface area (Å²) in [7, 11) is 1.89. The molecule has 0 radical (unpaired) electrons. The third-order valence-corrected chi connectivity index (χ3v) is 27.0. The molecule has 5 saturated heterocycles. The van der Waals surface area contributed by atoms with Gasteiger partial charge in [0.1, 0.15) is 28.5 Å². The van der Waals surface area contributed by atoms with Crippen molar-refractivity contribution < 1.29 is 0 Å². The number of benzene rings is 1. The zero-order chi connectivity index (χ0) is 96.3. The van der Waals surface area contributed by atoms with Crippen LogP contribution in [0.25, 0.3) is 118 Å². The molecule has 6 N–H and O–H groups in total. The largest absolute Gasteiger partial charge is 0.370 e. The second-order valence-electron chi connectivity index (χ2n) is 37.2. The molecule has 0 atom stereocenters. The number of nitrogens with two attached hydrogens (primary N) is 1. The second kappa shape index (κ2) is 38.2. The van der Waals surface area contributed by atoms with Crippen LogP contribution < -0.4 is 64.6 Å². The number of anilines is 2. The number of hydrogen-bond donors (Lipinski definition) is 5. The molecule has 0 saturated carbocycles. The van der Waals surface area contributed by atoms with Gasteiger partial charge in [0, 0.05) is 196 Å². The molecular formula is C102H105ClN32O5. The van der Waals surface area contributed by atoms with Gasteiger partial charge in [0.25, 0.3) is 27.8 Å². The number of rotatable bonds is 10. The number of fused-ring (bicyclic) bond motifs is 10. The van der Waals surface area contributed by atoms with Gasteiger partial charge >= 0.3 is 0 Å². The van der Waals surface area contributed by atoms with Crippen molar-refractivity contribution in [2.75, 3.05) is 88.3 Å². The molecule has 5 aliphatic heterocycles. The lowest BCUT2D eigenvalue weighted by atomic mass is 9.91. The minimum atomic E-state index is -0.129. The first-order chi connectivity index (χ1) is 67.8. The first kappa shape index (κ1) is 91.0. The van der Waals surface area contributed by atoms with Crippen LogP contribution in [0.3, 0.4) is 0 Å². The zero-order valence-electron chi connectivity index (χ0n) is 78.9. The maximum atomic E-state index is 12.9. The molecule has 5 aliphatic rings. The standard InChI is InChI=1S/C22H25N7O.C21H22N6O.C20H19ClN6O.C20H20N6O.C19H19N7O/c1-14-12-29-19(15(2)24-14)10-18(26-29)17-11-21(30)28-13-16(4-5-20(28)25-17)27-8-6-22(3,23)7-9-27;1-13-7-16(11-26-10-14(2)24-21(13)26)17-8-20(28)27-12-18(23-9-19(27)25-17)15-3-5-22-6-4-15;1-12-9-26-10-14(6-15(21)20(26)24-12)16-7-19(28)27-11-17(23-8-18(27)25-16)13-2-4-22-5-3-13;1-13-10-25-11-15(2-3-18(25)23-13)16-8-20(27)26-12-17(22-9-19(26)24-16)14-4-6-21-7-5-14;1-24-11-14-8-13(2-3-15(14)23-24)16-9-19(27)26-12-18(21-10-17(26)22-16)25-6-4-20-5-7-25/h4-5,10-13H,6-9,23H2,1-3H3;7-12,15,22H,3-6H2,1-2H3;6-11,13,22H,2-5H2,1H3;2-3,8-12,14,21H,4-7H2,1H3;2-3,8-12,20H,4-7H2,1H3. The van der Waals surface area contributed by atoms with Crippen molar-refractivity contribution in [2.45, 2.75) is 123 Å². The Bertz CT molecular complexity index is 8130. The van der Waals surface area contributed by atoms with Gasteiger partial charge in [-0.15, -0.1) is 0 Å². The van der Waals surface area contributed by atoms with Gasteiger partial charge in [-0.3, -0.25) is 70.6 Å². The van der Waals surface area contributed by atoms with Crippen molar-refractivity contribution >= 4 is 84.7 Å². The van der Waals surface area contributed by atoms with Crippen LogP contribution in [0.1, 0.15) is 127 Å². The van der Waals surface area contributed by atoms with E-state index in [-0.39, 0.29) is 33.3 Å². The maximum Gasteiger partial charge on any atom is 0.258 e. The quantitative estimate of drug-likeness (QED) is 0.0849. The van der Waals surface area contributed by atoms with Crippen molar-refractivity contribution in [1.82, 2.24) is 141 Å². The van der Waals surface area contributed by atoms with Crippen LogP contribution in [0.15, 0.2) is 220 Å². The van der Waals surface area contributed by atoms with Gasteiger partial charge in [-0.25, -0.2) is 49.4 Å². The van der Waals surface area contributed by atoms with Gasteiger partial charge in [-0.1, -0.05) is 17.7 Å². The van der Waals surface area contributed by atoms with Gasteiger partial charge in [0.2, 0.25) is 0 Å². The van der Waals surface area contributed by atoms with Crippen LogP contribution in [0, 0.1) is 41.5 Å². The van der Waals surface area contributed by atoms with Crippen molar-refractivity contribution in [1.29, 1.82) is 0 Å². The number of imidazole rings is 3. The topological polar surface area (TPSA) is 404 Å². The molecule has 38 heteroatoms. The molecule has 0 amide bonds. The van der Waals surface area contributed by atoms with E-state index in [1.165, 1.54) is 0 Å². The Labute approximate surface area is 805 Å². The molecule has 1 aromatic carbocycles. The first-order valence-electron chi connectivity index (χ1n) is 47.4. The van der Waals surface area contributed by atoms with E-state index in [1.807, 2.05) is 191 Å². The van der Waals surface area contributed by atoms with E-state index in [0.29, 0.717) is 90.8 Å². The fourth-order valence-corrected chi connectivity index (χ4v) is 19.5. The van der Waals surface area contributed by atoms with E-state index >= 15 is 0 Å². The molecule has 0 aliphatic carbocycles. The molecule has 0 bridgehead atoms. The second-order valence-corrected chi connectivity index (χ2v) is 37.7. The predicted octanol–water partition coefficient (Wildman–Crippen LogP) is 10.9.